The number of carbonyl (C=O) groups is 1. The van der Waals surface area contributed by atoms with Crippen LogP contribution in [-0.4, -0.2) is 26.0 Å². The normalized spacial score (nSPS) is 11.2. The quantitative estimate of drug-likeness (QED) is 0.730. The molecule has 0 radical (unpaired) electrons. The highest BCUT2D eigenvalue weighted by Gasteiger charge is 2.25. The molecule has 0 heterocycles. The Labute approximate surface area is 142 Å². The molecule has 122 valence electrons. The fourth-order valence-corrected chi connectivity index (χ4v) is 3.44. The third-order valence-corrected chi connectivity index (χ3v) is 5.21. The van der Waals surface area contributed by atoms with E-state index >= 15 is 0 Å². The number of aliphatic carboxylic acids is 1. The monoisotopic (exact) mass is 398 g/mol. The highest BCUT2D eigenvalue weighted by atomic mass is 79.9. The van der Waals surface area contributed by atoms with Crippen LogP contribution in [0.3, 0.4) is 0 Å². The van der Waals surface area contributed by atoms with Gasteiger partial charge in [-0.2, -0.15) is 12.8 Å². The lowest BCUT2D eigenvalue weighted by Gasteiger charge is -2.24. The molecule has 2 aromatic rings. The van der Waals surface area contributed by atoms with Gasteiger partial charge in [-0.25, -0.2) is 5.43 Å². The number of nitrogens with one attached hydrogen (secondary N) is 1. The Morgan fingerprint density at radius 3 is 2.22 bits per heavy atom. The highest BCUT2D eigenvalue weighted by molar-refractivity contribution is 9.10. The summed E-state index contributed by atoms with van der Waals surface area (Å²) < 4.78 is 27.3. The van der Waals surface area contributed by atoms with Gasteiger partial charge in [0.1, 0.15) is 6.54 Å². The van der Waals surface area contributed by atoms with Crippen LogP contribution in [0.1, 0.15) is 5.56 Å². The third kappa shape index (κ3) is 4.31. The molecule has 0 unspecified atom stereocenters. The molecule has 8 heteroatoms. The summed E-state index contributed by atoms with van der Waals surface area (Å²) in [5.41, 5.74) is 3.68. The van der Waals surface area contributed by atoms with Crippen molar-refractivity contribution in [2.45, 2.75) is 11.8 Å². The standard InChI is InChI=1S/C15H15BrN2O4S/c1-11-2-8-14(9-3-11)23(21,22)18(17-10-15(19)20)13-6-4-12(16)5-7-13/h2-9,17H,10H2,1H3,(H,19,20). The van der Waals surface area contributed by atoms with E-state index in [1.165, 1.54) is 12.1 Å². The van der Waals surface area contributed by atoms with E-state index in [9.17, 15) is 13.2 Å². The molecule has 0 aliphatic carbocycles. The van der Waals surface area contributed by atoms with Gasteiger partial charge in [0.2, 0.25) is 0 Å². The number of aryl methyl sites for hydroxylation is 1. The summed E-state index contributed by atoms with van der Waals surface area (Å²) >= 11 is 3.28. The second kappa shape index (κ2) is 7.12. The van der Waals surface area contributed by atoms with Crippen molar-refractivity contribution >= 4 is 37.6 Å². The van der Waals surface area contributed by atoms with Crippen molar-refractivity contribution in [2.24, 2.45) is 0 Å². The minimum Gasteiger partial charge on any atom is -0.480 e. The van der Waals surface area contributed by atoms with E-state index in [1.807, 2.05) is 6.92 Å². The Balaban J connectivity index is 2.44. The van der Waals surface area contributed by atoms with Crippen LogP contribution in [0.4, 0.5) is 5.69 Å². The Morgan fingerprint density at radius 2 is 1.70 bits per heavy atom. The van der Waals surface area contributed by atoms with Gasteiger partial charge in [-0.3, -0.25) is 4.79 Å². The van der Waals surface area contributed by atoms with Crippen LogP contribution in [0.15, 0.2) is 57.9 Å². The van der Waals surface area contributed by atoms with Crippen LogP contribution >= 0.6 is 15.9 Å². The van der Waals surface area contributed by atoms with Crippen molar-refractivity contribution in [1.29, 1.82) is 0 Å². The number of halogens is 1. The zero-order valence-corrected chi connectivity index (χ0v) is 14.6. The highest BCUT2D eigenvalue weighted by Crippen LogP contribution is 2.23. The van der Waals surface area contributed by atoms with Crippen LogP contribution in [-0.2, 0) is 14.8 Å². The van der Waals surface area contributed by atoms with Gasteiger partial charge in [0.25, 0.3) is 10.0 Å². The second-order valence-electron chi connectivity index (χ2n) is 4.79. The Kier molecular flexibility index (Phi) is 5.40. The number of carboxylic acid groups (broad SMARTS) is 1. The predicted molar refractivity (Wildman–Crippen MR) is 90.6 cm³/mol. The van der Waals surface area contributed by atoms with Crippen LogP contribution in [0.5, 0.6) is 0 Å². The average Bonchev–Trinajstić information content (AvgIpc) is 2.49. The van der Waals surface area contributed by atoms with Crippen molar-refractivity contribution < 1.29 is 18.3 Å². The first-order valence-electron chi connectivity index (χ1n) is 6.63. The molecular weight excluding hydrogens is 384 g/mol. The van der Waals surface area contributed by atoms with Crippen molar-refractivity contribution in [3.05, 3.63) is 58.6 Å². The summed E-state index contributed by atoms with van der Waals surface area (Å²) in [7, 11) is -3.94. The fourth-order valence-electron chi connectivity index (χ4n) is 1.85. The molecule has 0 aliphatic rings. The van der Waals surface area contributed by atoms with Crippen molar-refractivity contribution in [2.75, 3.05) is 11.0 Å². The summed E-state index contributed by atoms with van der Waals surface area (Å²) in [6.45, 7) is 1.33. The van der Waals surface area contributed by atoms with Crippen molar-refractivity contribution in [3.63, 3.8) is 0 Å². The average molecular weight is 399 g/mol. The first kappa shape index (κ1) is 17.5. The number of nitrogens with zero attached hydrogens (tertiary/aromatic N) is 1. The topological polar surface area (TPSA) is 86.7 Å². The molecule has 23 heavy (non-hydrogen) atoms. The molecule has 2 aromatic carbocycles. The zero-order valence-electron chi connectivity index (χ0n) is 12.2. The van der Waals surface area contributed by atoms with Crippen LogP contribution in [0.25, 0.3) is 0 Å². The van der Waals surface area contributed by atoms with Crippen molar-refractivity contribution in [3.8, 4) is 0 Å². The smallest absolute Gasteiger partial charge is 0.319 e. The van der Waals surface area contributed by atoms with Crippen LogP contribution < -0.4 is 9.84 Å². The molecule has 0 aliphatic heterocycles. The summed E-state index contributed by atoms with van der Waals surface area (Å²) in [6.07, 6.45) is 0. The second-order valence-corrected chi connectivity index (χ2v) is 7.49. The van der Waals surface area contributed by atoms with E-state index in [-0.39, 0.29) is 4.90 Å². The number of benzene rings is 2. The molecule has 0 aromatic heterocycles. The largest absolute Gasteiger partial charge is 0.480 e. The minimum atomic E-state index is -3.94. The van der Waals surface area contributed by atoms with Gasteiger partial charge in [-0.1, -0.05) is 33.6 Å². The zero-order chi connectivity index (χ0) is 17.0. The first-order chi connectivity index (χ1) is 10.8. The van der Waals surface area contributed by atoms with E-state index in [1.54, 1.807) is 36.4 Å². The van der Waals surface area contributed by atoms with Gasteiger partial charge < -0.3 is 5.11 Å². The fraction of sp³-hybridized carbons (Fsp3) is 0.133. The number of hydrogen-bond donors (Lipinski definition) is 2. The molecule has 0 spiro atoms. The van der Waals surface area contributed by atoms with E-state index in [0.717, 1.165) is 14.5 Å². The van der Waals surface area contributed by atoms with Gasteiger partial charge in [0, 0.05) is 4.47 Å². The SMILES string of the molecule is Cc1ccc(S(=O)(=O)N(NCC(=O)O)c2ccc(Br)cc2)cc1. The van der Waals surface area contributed by atoms with Crippen molar-refractivity contribution in [1.82, 2.24) is 5.43 Å². The molecule has 0 bridgehead atoms. The van der Waals surface area contributed by atoms with Crippen LogP contribution in [0, 0.1) is 6.92 Å². The molecular formula is C15H15BrN2O4S. The van der Waals surface area contributed by atoms with E-state index < -0.39 is 22.5 Å². The number of hydrazine groups is 1. The van der Waals surface area contributed by atoms with Gasteiger partial charge >= 0.3 is 5.97 Å². The van der Waals surface area contributed by atoms with E-state index in [2.05, 4.69) is 21.4 Å². The Morgan fingerprint density at radius 1 is 1.13 bits per heavy atom. The number of sulfonamides is 1. The molecule has 6 nitrogen and oxygen atoms in total. The minimum absolute atomic E-state index is 0.0731. The van der Waals surface area contributed by atoms with Crippen LogP contribution in [0.2, 0.25) is 0 Å². The molecule has 0 saturated carbocycles. The maximum atomic E-state index is 12.8. The van der Waals surface area contributed by atoms with Gasteiger partial charge in [-0.15, -0.1) is 0 Å². The summed E-state index contributed by atoms with van der Waals surface area (Å²) in [5.74, 6) is -1.16. The summed E-state index contributed by atoms with van der Waals surface area (Å²) in [6, 6.07) is 12.8. The molecule has 0 saturated heterocycles. The molecule has 0 atom stereocenters. The number of hydrogen-bond acceptors (Lipinski definition) is 4. The van der Waals surface area contributed by atoms with Gasteiger partial charge in [-0.05, 0) is 43.3 Å². The summed E-state index contributed by atoms with van der Waals surface area (Å²) in [5, 5.41) is 8.83. The number of anilines is 1. The lowest BCUT2D eigenvalue weighted by molar-refractivity contribution is -0.135. The van der Waals surface area contributed by atoms with E-state index in [0.29, 0.717) is 5.69 Å². The van der Waals surface area contributed by atoms with Gasteiger partial charge in [0.05, 0.1) is 10.6 Å². The molecule has 0 amide bonds. The van der Waals surface area contributed by atoms with Gasteiger partial charge in [0.15, 0.2) is 0 Å². The maximum Gasteiger partial charge on any atom is 0.319 e. The molecule has 0 fully saturated rings. The summed E-state index contributed by atoms with van der Waals surface area (Å²) in [4.78, 5) is 10.9. The third-order valence-electron chi connectivity index (χ3n) is 2.99. The number of carboxylic acids is 1. The first-order valence-corrected chi connectivity index (χ1v) is 8.87. The molecule has 2 rings (SSSR count). The maximum absolute atomic E-state index is 12.8. The Hall–Kier alpha value is -1.90. The lowest BCUT2D eigenvalue weighted by Crippen LogP contribution is -2.45. The van der Waals surface area contributed by atoms with E-state index in [4.69, 9.17) is 5.11 Å². The Bertz CT molecular complexity index is 789. The molecule has 2 N–H and O–H groups in total. The lowest BCUT2D eigenvalue weighted by atomic mass is 10.2. The predicted octanol–water partition coefficient (Wildman–Crippen LogP) is 2.54. The number of rotatable bonds is 6.